The molecule has 0 radical (unpaired) electrons. The van der Waals surface area contributed by atoms with Crippen molar-refractivity contribution in [1.82, 2.24) is 14.1 Å². The molecule has 2 aliphatic heterocycles. The first-order valence-electron chi connectivity index (χ1n) is 8.15. The van der Waals surface area contributed by atoms with Crippen LogP contribution in [0.5, 0.6) is 0 Å². The molecule has 2 heterocycles. The Morgan fingerprint density at radius 3 is 2.38 bits per heavy atom. The van der Waals surface area contributed by atoms with Gasteiger partial charge in [0.05, 0.1) is 24.3 Å². The summed E-state index contributed by atoms with van der Waals surface area (Å²) < 4.78 is 32.5. The first kappa shape index (κ1) is 17.2. The fraction of sp³-hybridized carbons (Fsp3) is 0.562. The monoisotopic (exact) mass is 353 g/mol. The second-order valence-corrected chi connectivity index (χ2v) is 8.05. The Balaban J connectivity index is 1.82. The van der Waals surface area contributed by atoms with Crippen LogP contribution in [0.15, 0.2) is 35.2 Å². The molecule has 0 bridgehead atoms. The maximum Gasteiger partial charge on any atom is 0.321 e. The van der Waals surface area contributed by atoms with Crippen LogP contribution in [0, 0.1) is 0 Å². The second kappa shape index (κ2) is 6.70. The molecular formula is C16H23N3O4S. The number of amides is 2. The first-order chi connectivity index (χ1) is 11.4. The Hall–Kier alpha value is -1.64. The van der Waals surface area contributed by atoms with Crippen LogP contribution < -0.4 is 0 Å². The van der Waals surface area contributed by atoms with Gasteiger partial charge in [0.2, 0.25) is 10.0 Å². The molecule has 1 aromatic rings. The van der Waals surface area contributed by atoms with Gasteiger partial charge in [-0.1, -0.05) is 18.2 Å². The molecule has 3 rings (SSSR count). The molecule has 8 heteroatoms. The molecule has 0 aliphatic carbocycles. The van der Waals surface area contributed by atoms with Crippen LogP contribution in [0.1, 0.15) is 13.8 Å². The molecule has 0 saturated carbocycles. The molecule has 2 fully saturated rings. The summed E-state index contributed by atoms with van der Waals surface area (Å²) >= 11 is 0. The average molecular weight is 353 g/mol. The summed E-state index contributed by atoms with van der Waals surface area (Å²) in [5.74, 6) is 0. The molecule has 0 unspecified atom stereocenters. The lowest BCUT2D eigenvalue weighted by molar-refractivity contribution is 0.0382. The number of carbonyl (C=O) groups excluding carboxylic acids is 1. The second-order valence-electron chi connectivity index (χ2n) is 6.16. The third-order valence-electron chi connectivity index (χ3n) is 4.59. The molecular weight excluding hydrogens is 330 g/mol. The summed E-state index contributed by atoms with van der Waals surface area (Å²) in [6, 6.07) is 8.06. The number of rotatable bonds is 2. The lowest BCUT2D eigenvalue weighted by atomic mass is 10.3. The summed E-state index contributed by atoms with van der Waals surface area (Å²) in [4.78, 5) is 16.4. The van der Waals surface area contributed by atoms with Gasteiger partial charge in [-0.15, -0.1) is 0 Å². The Bertz CT molecular complexity index is 689. The number of hydrogen-bond donors (Lipinski definition) is 0. The number of hydrogen-bond acceptors (Lipinski definition) is 4. The maximum absolute atomic E-state index is 12.9. The first-order valence-corrected chi connectivity index (χ1v) is 9.59. The fourth-order valence-electron chi connectivity index (χ4n) is 3.30. The molecule has 0 N–H and O–H groups in total. The molecule has 2 saturated heterocycles. The lowest BCUT2D eigenvalue weighted by Crippen LogP contribution is -2.52. The number of sulfonamides is 1. The molecule has 0 aromatic heterocycles. The van der Waals surface area contributed by atoms with E-state index in [9.17, 15) is 13.2 Å². The summed E-state index contributed by atoms with van der Waals surface area (Å²) in [5, 5.41) is 0. The highest BCUT2D eigenvalue weighted by atomic mass is 32.2. The van der Waals surface area contributed by atoms with Gasteiger partial charge in [0.1, 0.15) is 0 Å². The van der Waals surface area contributed by atoms with Crippen molar-refractivity contribution in [2.45, 2.75) is 31.0 Å². The number of morpholine rings is 1. The van der Waals surface area contributed by atoms with Crippen LogP contribution in [0.3, 0.4) is 0 Å². The van der Waals surface area contributed by atoms with E-state index in [2.05, 4.69) is 0 Å². The normalized spacial score (nSPS) is 25.9. The predicted octanol–water partition coefficient (Wildman–Crippen LogP) is 1.18. The quantitative estimate of drug-likeness (QED) is 0.801. The van der Waals surface area contributed by atoms with Crippen molar-refractivity contribution in [2.24, 2.45) is 0 Å². The number of ether oxygens (including phenoxy) is 1. The van der Waals surface area contributed by atoms with Gasteiger partial charge >= 0.3 is 6.03 Å². The van der Waals surface area contributed by atoms with Crippen molar-refractivity contribution in [3.05, 3.63) is 30.3 Å². The van der Waals surface area contributed by atoms with Crippen LogP contribution in [-0.2, 0) is 14.8 Å². The summed E-state index contributed by atoms with van der Waals surface area (Å²) in [5.41, 5.74) is 0. The standard InChI is InChI=1S/C16H23N3O4S/c1-13-12-18(24(21,22)15-6-4-3-5-7-15)14(2)19(13)16(20)17-8-10-23-11-9-17/h3-7,13-14H,8-12H2,1-2H3/t13-,14-/m0/s1. The number of carbonyl (C=O) groups is 1. The third kappa shape index (κ3) is 3.01. The fourth-order valence-corrected chi connectivity index (χ4v) is 4.99. The van der Waals surface area contributed by atoms with E-state index in [-0.39, 0.29) is 17.0 Å². The van der Waals surface area contributed by atoms with Gasteiger partial charge < -0.3 is 14.5 Å². The molecule has 2 atom stereocenters. The van der Waals surface area contributed by atoms with Gasteiger partial charge in [-0.3, -0.25) is 0 Å². The van der Waals surface area contributed by atoms with Crippen molar-refractivity contribution in [2.75, 3.05) is 32.8 Å². The van der Waals surface area contributed by atoms with E-state index in [4.69, 9.17) is 4.74 Å². The van der Waals surface area contributed by atoms with Gasteiger partial charge in [-0.2, -0.15) is 4.31 Å². The zero-order valence-corrected chi connectivity index (χ0v) is 14.8. The highest BCUT2D eigenvalue weighted by molar-refractivity contribution is 7.89. The van der Waals surface area contributed by atoms with Crippen LogP contribution in [0.25, 0.3) is 0 Å². The number of nitrogens with zero attached hydrogens (tertiary/aromatic N) is 3. The van der Waals surface area contributed by atoms with Gasteiger partial charge in [0.25, 0.3) is 0 Å². The maximum atomic E-state index is 12.9. The molecule has 24 heavy (non-hydrogen) atoms. The summed E-state index contributed by atoms with van der Waals surface area (Å²) in [6.07, 6.45) is -0.513. The van der Waals surface area contributed by atoms with Gasteiger partial charge in [-0.25, -0.2) is 13.2 Å². The number of benzene rings is 1. The molecule has 0 spiro atoms. The minimum Gasteiger partial charge on any atom is -0.378 e. The van der Waals surface area contributed by atoms with Crippen LogP contribution in [0.4, 0.5) is 4.79 Å². The predicted molar refractivity (Wildman–Crippen MR) is 88.9 cm³/mol. The van der Waals surface area contributed by atoms with E-state index in [1.807, 2.05) is 6.92 Å². The zero-order valence-electron chi connectivity index (χ0n) is 14.0. The van der Waals surface area contributed by atoms with E-state index in [0.717, 1.165) is 0 Å². The average Bonchev–Trinajstić information content (AvgIpc) is 2.91. The summed E-state index contributed by atoms with van der Waals surface area (Å²) in [6.45, 7) is 6.08. The summed E-state index contributed by atoms with van der Waals surface area (Å²) in [7, 11) is -3.62. The van der Waals surface area contributed by atoms with Gasteiger partial charge in [0, 0.05) is 25.7 Å². The minimum atomic E-state index is -3.62. The topological polar surface area (TPSA) is 70.2 Å². The Labute approximate surface area is 142 Å². The Morgan fingerprint density at radius 2 is 1.75 bits per heavy atom. The largest absolute Gasteiger partial charge is 0.378 e. The van der Waals surface area contributed by atoms with Crippen LogP contribution in [-0.4, -0.2) is 73.6 Å². The van der Waals surface area contributed by atoms with E-state index in [0.29, 0.717) is 32.8 Å². The smallest absolute Gasteiger partial charge is 0.321 e. The van der Waals surface area contributed by atoms with E-state index in [1.54, 1.807) is 47.1 Å². The molecule has 132 valence electrons. The molecule has 1 aromatic carbocycles. The highest BCUT2D eigenvalue weighted by Crippen LogP contribution is 2.28. The van der Waals surface area contributed by atoms with Gasteiger partial charge in [0.15, 0.2) is 0 Å². The molecule has 2 aliphatic rings. The molecule has 2 amide bonds. The third-order valence-corrected chi connectivity index (χ3v) is 6.53. The minimum absolute atomic E-state index is 0.121. The van der Waals surface area contributed by atoms with Crippen molar-refractivity contribution in [3.8, 4) is 0 Å². The van der Waals surface area contributed by atoms with Crippen molar-refractivity contribution in [3.63, 3.8) is 0 Å². The number of urea groups is 1. The Morgan fingerprint density at radius 1 is 1.12 bits per heavy atom. The van der Waals surface area contributed by atoms with Gasteiger partial charge in [-0.05, 0) is 26.0 Å². The SMILES string of the molecule is C[C@@H]1N(C(=O)N2CCOCC2)[C@@H](C)CN1S(=O)(=O)c1ccccc1. The van der Waals surface area contributed by atoms with E-state index < -0.39 is 16.2 Å². The van der Waals surface area contributed by atoms with Crippen LogP contribution in [0.2, 0.25) is 0 Å². The van der Waals surface area contributed by atoms with Crippen LogP contribution >= 0.6 is 0 Å². The lowest BCUT2D eigenvalue weighted by Gasteiger charge is -2.35. The zero-order chi connectivity index (χ0) is 17.3. The Kier molecular flexibility index (Phi) is 4.80. The van der Waals surface area contributed by atoms with Crippen molar-refractivity contribution in [1.29, 1.82) is 0 Å². The van der Waals surface area contributed by atoms with Crippen molar-refractivity contribution >= 4 is 16.1 Å². The molecule has 7 nitrogen and oxygen atoms in total. The van der Waals surface area contributed by atoms with E-state index in [1.165, 1.54) is 4.31 Å². The highest BCUT2D eigenvalue weighted by Gasteiger charge is 2.45. The van der Waals surface area contributed by atoms with Crippen molar-refractivity contribution < 1.29 is 17.9 Å². The van der Waals surface area contributed by atoms with E-state index >= 15 is 0 Å².